The molecule has 1 aromatic heterocycles. The molecular weight excluding hydrogens is 366 g/mol. The SMILES string of the molecule is COc1oc([C@H]2C/C(=C/C(C)=C/c3ccc(F)cc3F)CO2)c(C)c(=O)c1C. The molecule has 1 aliphatic heterocycles. The van der Waals surface area contributed by atoms with Gasteiger partial charge in [0.25, 0.3) is 5.95 Å². The summed E-state index contributed by atoms with van der Waals surface area (Å²) in [5, 5.41) is 0. The van der Waals surface area contributed by atoms with Crippen molar-refractivity contribution in [1.82, 2.24) is 0 Å². The van der Waals surface area contributed by atoms with Crippen LogP contribution < -0.4 is 10.2 Å². The Balaban J connectivity index is 1.83. The number of hydrogen-bond acceptors (Lipinski definition) is 4. The lowest BCUT2D eigenvalue weighted by Gasteiger charge is -2.13. The molecule has 0 aliphatic carbocycles. The molecule has 0 radical (unpaired) electrons. The maximum atomic E-state index is 13.8. The van der Waals surface area contributed by atoms with Gasteiger partial charge in [-0.2, -0.15) is 0 Å². The van der Waals surface area contributed by atoms with Crippen molar-refractivity contribution in [2.24, 2.45) is 0 Å². The molecule has 3 rings (SSSR count). The first-order chi connectivity index (χ1) is 13.3. The van der Waals surface area contributed by atoms with Crippen LogP contribution in [0.2, 0.25) is 0 Å². The fraction of sp³-hybridized carbons (Fsp3) is 0.318. The lowest BCUT2D eigenvalue weighted by molar-refractivity contribution is 0.0880. The molecule has 1 aromatic carbocycles. The van der Waals surface area contributed by atoms with Gasteiger partial charge in [0.2, 0.25) is 0 Å². The molecule has 1 fully saturated rings. The smallest absolute Gasteiger partial charge is 0.291 e. The van der Waals surface area contributed by atoms with Gasteiger partial charge >= 0.3 is 0 Å². The van der Waals surface area contributed by atoms with Gasteiger partial charge < -0.3 is 13.9 Å². The Morgan fingerprint density at radius 2 is 2.00 bits per heavy atom. The second kappa shape index (κ2) is 8.10. The Kier molecular flexibility index (Phi) is 5.79. The Bertz CT molecular complexity index is 1020. The molecule has 2 aromatic rings. The minimum absolute atomic E-state index is 0.123. The fourth-order valence-corrected chi connectivity index (χ4v) is 3.30. The number of hydrogen-bond donors (Lipinski definition) is 0. The molecule has 0 unspecified atom stereocenters. The van der Waals surface area contributed by atoms with E-state index >= 15 is 0 Å². The summed E-state index contributed by atoms with van der Waals surface area (Å²) in [4.78, 5) is 12.4. The number of rotatable bonds is 4. The lowest BCUT2D eigenvalue weighted by atomic mass is 10.0. The number of halogens is 2. The molecule has 0 N–H and O–H groups in total. The third-order valence-electron chi connectivity index (χ3n) is 4.73. The molecule has 1 atom stereocenters. The molecule has 6 heteroatoms. The van der Waals surface area contributed by atoms with Gasteiger partial charge in [0.05, 0.1) is 19.3 Å². The normalized spacial score (nSPS) is 18.7. The maximum absolute atomic E-state index is 13.8. The summed E-state index contributed by atoms with van der Waals surface area (Å²) in [5.41, 5.74) is 2.92. The summed E-state index contributed by atoms with van der Waals surface area (Å²) in [6.45, 7) is 5.58. The average molecular weight is 388 g/mol. The second-order valence-corrected chi connectivity index (χ2v) is 6.90. The molecule has 4 nitrogen and oxygen atoms in total. The monoisotopic (exact) mass is 388 g/mol. The van der Waals surface area contributed by atoms with Crippen molar-refractivity contribution in [1.29, 1.82) is 0 Å². The second-order valence-electron chi connectivity index (χ2n) is 6.90. The highest BCUT2D eigenvalue weighted by Crippen LogP contribution is 2.35. The van der Waals surface area contributed by atoms with Crippen LogP contribution in [0.1, 0.15) is 41.9 Å². The van der Waals surface area contributed by atoms with Crippen LogP contribution in [0.4, 0.5) is 8.78 Å². The van der Waals surface area contributed by atoms with E-state index in [1.807, 2.05) is 13.0 Å². The third-order valence-corrected chi connectivity index (χ3v) is 4.73. The number of ether oxygens (including phenoxy) is 2. The highest BCUT2D eigenvalue weighted by molar-refractivity contribution is 5.56. The maximum Gasteiger partial charge on any atom is 0.291 e. The predicted molar refractivity (Wildman–Crippen MR) is 102 cm³/mol. The van der Waals surface area contributed by atoms with Crippen LogP contribution in [-0.2, 0) is 4.74 Å². The van der Waals surface area contributed by atoms with Crippen molar-refractivity contribution in [3.63, 3.8) is 0 Å². The Labute approximate surface area is 162 Å². The first kappa shape index (κ1) is 20.0. The van der Waals surface area contributed by atoms with Crippen molar-refractivity contribution in [3.8, 4) is 5.95 Å². The van der Waals surface area contributed by atoms with Crippen molar-refractivity contribution in [3.05, 3.63) is 79.7 Å². The topological polar surface area (TPSA) is 48.7 Å². The highest BCUT2D eigenvalue weighted by Gasteiger charge is 2.28. The van der Waals surface area contributed by atoms with Gasteiger partial charge in [0.1, 0.15) is 23.5 Å². The Morgan fingerprint density at radius 3 is 2.68 bits per heavy atom. The minimum Gasteiger partial charge on any atom is -0.468 e. The Hall–Kier alpha value is -2.73. The zero-order valence-electron chi connectivity index (χ0n) is 16.3. The lowest BCUT2D eigenvalue weighted by Crippen LogP contribution is -2.15. The van der Waals surface area contributed by atoms with E-state index < -0.39 is 11.6 Å². The van der Waals surface area contributed by atoms with Crippen LogP contribution in [0, 0.1) is 25.5 Å². The van der Waals surface area contributed by atoms with E-state index in [4.69, 9.17) is 13.9 Å². The molecule has 1 saturated heterocycles. The zero-order chi connectivity index (χ0) is 20.4. The number of methoxy groups -OCH3 is 1. The van der Waals surface area contributed by atoms with Crippen molar-refractivity contribution >= 4 is 6.08 Å². The molecule has 148 valence electrons. The van der Waals surface area contributed by atoms with Crippen molar-refractivity contribution in [2.75, 3.05) is 13.7 Å². The van der Waals surface area contributed by atoms with Crippen LogP contribution in [0.15, 0.2) is 44.6 Å². The van der Waals surface area contributed by atoms with Gasteiger partial charge in [-0.3, -0.25) is 4.79 Å². The van der Waals surface area contributed by atoms with E-state index in [9.17, 15) is 13.6 Å². The summed E-state index contributed by atoms with van der Waals surface area (Å²) in [6.07, 6.45) is 3.72. The summed E-state index contributed by atoms with van der Waals surface area (Å²) in [7, 11) is 1.45. The first-order valence-corrected chi connectivity index (χ1v) is 8.92. The van der Waals surface area contributed by atoms with Gasteiger partial charge in [-0.1, -0.05) is 11.6 Å². The molecule has 0 saturated carbocycles. The van der Waals surface area contributed by atoms with Crippen molar-refractivity contribution < 1.29 is 22.7 Å². The van der Waals surface area contributed by atoms with Gasteiger partial charge in [-0.15, -0.1) is 0 Å². The van der Waals surface area contributed by atoms with Gasteiger partial charge in [-0.05, 0) is 44.6 Å². The van der Waals surface area contributed by atoms with Gasteiger partial charge in [0, 0.05) is 23.6 Å². The van der Waals surface area contributed by atoms with Crippen LogP contribution >= 0.6 is 0 Å². The van der Waals surface area contributed by atoms with Gasteiger partial charge in [0.15, 0.2) is 5.43 Å². The molecule has 0 spiro atoms. The molecule has 0 amide bonds. The standard InChI is InChI=1S/C22H22F2O4/c1-12(8-16-5-6-17(23)10-18(16)24)7-15-9-19(27-11-15)21-13(2)20(25)14(3)22(26-4)28-21/h5-8,10,19H,9,11H2,1-4H3/b12-8+,15-7-/t19-/m1/s1. The predicted octanol–water partition coefficient (Wildman–Crippen LogP) is 5.03. The van der Waals surface area contributed by atoms with Crippen LogP contribution in [-0.4, -0.2) is 13.7 Å². The average Bonchev–Trinajstić information content (AvgIpc) is 3.10. The quantitative estimate of drug-likeness (QED) is 0.737. The molecule has 0 bridgehead atoms. The minimum atomic E-state index is -0.609. The van der Waals surface area contributed by atoms with Gasteiger partial charge in [-0.25, -0.2) is 8.78 Å². The summed E-state index contributed by atoms with van der Waals surface area (Å²) < 4.78 is 43.6. The molecule has 28 heavy (non-hydrogen) atoms. The summed E-state index contributed by atoms with van der Waals surface area (Å²) >= 11 is 0. The van der Waals surface area contributed by atoms with E-state index in [1.165, 1.54) is 19.2 Å². The highest BCUT2D eigenvalue weighted by atomic mass is 19.1. The van der Waals surface area contributed by atoms with E-state index in [2.05, 4.69) is 0 Å². The number of benzene rings is 1. The third kappa shape index (κ3) is 4.07. The zero-order valence-corrected chi connectivity index (χ0v) is 16.3. The largest absolute Gasteiger partial charge is 0.468 e. The van der Waals surface area contributed by atoms with E-state index in [-0.39, 0.29) is 17.5 Å². The Morgan fingerprint density at radius 1 is 1.25 bits per heavy atom. The molecular formula is C22H22F2O4. The van der Waals surface area contributed by atoms with E-state index in [0.29, 0.717) is 35.5 Å². The van der Waals surface area contributed by atoms with Crippen LogP contribution in [0.25, 0.3) is 6.08 Å². The van der Waals surface area contributed by atoms with E-state index in [1.54, 1.807) is 19.9 Å². The van der Waals surface area contributed by atoms with Crippen LogP contribution in [0.5, 0.6) is 5.95 Å². The van der Waals surface area contributed by atoms with Crippen molar-refractivity contribution in [2.45, 2.75) is 33.3 Å². The van der Waals surface area contributed by atoms with E-state index in [0.717, 1.165) is 17.2 Å². The molecule has 1 aliphatic rings. The summed E-state index contributed by atoms with van der Waals surface area (Å²) in [5.74, 6) is -0.568. The molecule has 2 heterocycles. The fourth-order valence-electron chi connectivity index (χ4n) is 3.30. The van der Waals surface area contributed by atoms with Crippen LogP contribution in [0.3, 0.4) is 0 Å². The first-order valence-electron chi connectivity index (χ1n) is 8.92. The summed E-state index contributed by atoms with van der Waals surface area (Å²) in [6, 6.07) is 3.48. The number of allylic oxidation sites excluding steroid dienone is 2.